The zero-order chi connectivity index (χ0) is 13.0. The number of thiophene rings is 1. The Morgan fingerprint density at radius 3 is 2.56 bits per heavy atom. The number of ether oxygens (including phenoxy) is 1. The molecule has 2 heterocycles. The second kappa shape index (κ2) is 5.88. The summed E-state index contributed by atoms with van der Waals surface area (Å²) in [7, 11) is 0. The minimum atomic E-state index is -0.527. The maximum absolute atomic E-state index is 11.7. The lowest BCUT2D eigenvalue weighted by Crippen LogP contribution is -2.13. The molecule has 0 aliphatic carbocycles. The molecule has 0 aliphatic rings. The van der Waals surface area contributed by atoms with Crippen molar-refractivity contribution in [3.05, 3.63) is 50.9 Å². The molecule has 0 fully saturated rings. The Bertz CT molecular complexity index is 568. The average Bonchev–Trinajstić information content (AvgIpc) is 2.83. The van der Waals surface area contributed by atoms with Crippen LogP contribution in [0.25, 0.3) is 0 Å². The number of hydrogen-bond acceptors (Lipinski definition) is 5. The van der Waals surface area contributed by atoms with Crippen LogP contribution in [0.5, 0.6) is 0 Å². The second-order valence-electron chi connectivity index (χ2n) is 3.34. The number of pyridine rings is 1. The van der Waals surface area contributed by atoms with E-state index in [2.05, 4.69) is 20.9 Å². The number of nitrogens with zero attached hydrogens (tertiary/aromatic N) is 1. The van der Waals surface area contributed by atoms with Gasteiger partial charge in [0.25, 0.3) is 0 Å². The van der Waals surface area contributed by atoms with Crippen molar-refractivity contribution in [1.82, 2.24) is 4.98 Å². The summed E-state index contributed by atoms with van der Waals surface area (Å²) in [4.78, 5) is 27.6. The molecule has 0 saturated carbocycles. The number of carbonyl (C=O) groups is 2. The van der Waals surface area contributed by atoms with Crippen molar-refractivity contribution < 1.29 is 14.3 Å². The van der Waals surface area contributed by atoms with E-state index in [0.29, 0.717) is 10.4 Å². The molecule has 0 aliphatic heterocycles. The highest BCUT2D eigenvalue weighted by molar-refractivity contribution is 9.11. The summed E-state index contributed by atoms with van der Waals surface area (Å²) in [5, 5.41) is 0. The predicted octanol–water partition coefficient (Wildman–Crippen LogP) is 2.95. The first kappa shape index (κ1) is 12.9. The van der Waals surface area contributed by atoms with E-state index in [1.54, 1.807) is 12.1 Å². The van der Waals surface area contributed by atoms with E-state index >= 15 is 0 Å². The molecule has 4 nitrogen and oxygen atoms in total. The Morgan fingerprint density at radius 2 is 1.94 bits per heavy atom. The molecule has 0 aromatic carbocycles. The van der Waals surface area contributed by atoms with Gasteiger partial charge in [0, 0.05) is 12.4 Å². The zero-order valence-electron chi connectivity index (χ0n) is 9.13. The fourth-order valence-corrected chi connectivity index (χ4v) is 2.55. The minimum Gasteiger partial charge on any atom is -0.454 e. The molecule has 0 bridgehead atoms. The molecule has 2 aromatic heterocycles. The highest BCUT2D eigenvalue weighted by Crippen LogP contribution is 2.22. The number of ketones is 1. The highest BCUT2D eigenvalue weighted by Gasteiger charge is 2.13. The minimum absolute atomic E-state index is 0.215. The van der Waals surface area contributed by atoms with Crippen molar-refractivity contribution in [2.24, 2.45) is 0 Å². The van der Waals surface area contributed by atoms with Gasteiger partial charge in [-0.15, -0.1) is 11.3 Å². The molecule has 0 saturated heterocycles. The number of rotatable bonds is 4. The van der Waals surface area contributed by atoms with Crippen molar-refractivity contribution in [2.45, 2.75) is 0 Å². The van der Waals surface area contributed by atoms with Crippen molar-refractivity contribution in [2.75, 3.05) is 6.61 Å². The van der Waals surface area contributed by atoms with Crippen LogP contribution in [-0.2, 0) is 4.74 Å². The Hall–Kier alpha value is -1.53. The molecule has 18 heavy (non-hydrogen) atoms. The standard InChI is InChI=1S/C12H8BrNO3S/c13-11-2-1-10(18-11)9(15)7-17-12(16)8-3-5-14-6-4-8/h1-6H,7H2. The summed E-state index contributed by atoms with van der Waals surface area (Å²) in [6.45, 7) is -0.256. The summed E-state index contributed by atoms with van der Waals surface area (Å²) in [6, 6.07) is 6.54. The lowest BCUT2D eigenvalue weighted by molar-refractivity contribution is 0.0475. The summed E-state index contributed by atoms with van der Waals surface area (Å²) < 4.78 is 5.80. The van der Waals surface area contributed by atoms with Gasteiger partial charge in [-0.25, -0.2) is 4.79 Å². The fraction of sp³-hybridized carbons (Fsp3) is 0.0833. The zero-order valence-corrected chi connectivity index (χ0v) is 11.5. The maximum atomic E-state index is 11.7. The number of hydrogen-bond donors (Lipinski definition) is 0. The van der Waals surface area contributed by atoms with Crippen LogP contribution < -0.4 is 0 Å². The van der Waals surface area contributed by atoms with Gasteiger partial charge in [-0.05, 0) is 40.2 Å². The van der Waals surface area contributed by atoms with Crippen LogP contribution in [0.15, 0.2) is 40.4 Å². The maximum Gasteiger partial charge on any atom is 0.338 e. The first-order valence-corrected chi connectivity index (χ1v) is 6.63. The van der Waals surface area contributed by atoms with Crippen LogP contribution in [0.2, 0.25) is 0 Å². The quantitative estimate of drug-likeness (QED) is 0.640. The van der Waals surface area contributed by atoms with E-state index in [1.165, 1.54) is 35.9 Å². The van der Waals surface area contributed by atoms with Crippen molar-refractivity contribution in [3.63, 3.8) is 0 Å². The van der Waals surface area contributed by atoms with Gasteiger partial charge in [-0.3, -0.25) is 9.78 Å². The van der Waals surface area contributed by atoms with E-state index in [0.717, 1.165) is 3.79 Å². The largest absolute Gasteiger partial charge is 0.454 e. The third-order valence-corrected chi connectivity index (χ3v) is 3.76. The smallest absolute Gasteiger partial charge is 0.338 e. The average molecular weight is 326 g/mol. The van der Waals surface area contributed by atoms with Gasteiger partial charge < -0.3 is 4.74 Å². The molecule has 92 valence electrons. The van der Waals surface area contributed by atoms with E-state index in [1.807, 2.05) is 0 Å². The first-order chi connectivity index (χ1) is 8.66. The molecule has 2 rings (SSSR count). The molecule has 2 aromatic rings. The van der Waals surface area contributed by atoms with Crippen LogP contribution >= 0.6 is 27.3 Å². The number of esters is 1. The SMILES string of the molecule is O=C(OCC(=O)c1ccc(Br)s1)c1ccncc1. The van der Waals surface area contributed by atoms with Gasteiger partial charge in [-0.2, -0.15) is 0 Å². The Labute approximate surface area is 116 Å². The summed E-state index contributed by atoms with van der Waals surface area (Å²) in [5.41, 5.74) is 0.380. The van der Waals surface area contributed by atoms with E-state index < -0.39 is 5.97 Å². The van der Waals surface area contributed by atoms with Crippen molar-refractivity contribution >= 4 is 39.0 Å². The second-order valence-corrected chi connectivity index (χ2v) is 5.80. The van der Waals surface area contributed by atoms with Crippen LogP contribution in [-0.4, -0.2) is 23.3 Å². The van der Waals surface area contributed by atoms with Gasteiger partial charge >= 0.3 is 5.97 Å². The summed E-state index contributed by atoms with van der Waals surface area (Å²) >= 11 is 4.58. The topological polar surface area (TPSA) is 56.3 Å². The monoisotopic (exact) mass is 325 g/mol. The van der Waals surface area contributed by atoms with E-state index in [9.17, 15) is 9.59 Å². The number of Topliss-reactive ketones (excluding diaryl/α,β-unsaturated/α-hetero) is 1. The Morgan fingerprint density at radius 1 is 1.22 bits per heavy atom. The number of carbonyl (C=O) groups excluding carboxylic acids is 2. The van der Waals surface area contributed by atoms with Crippen LogP contribution in [0.4, 0.5) is 0 Å². The molecular weight excluding hydrogens is 318 g/mol. The summed E-state index contributed by atoms with van der Waals surface area (Å²) in [5.74, 6) is -0.741. The lowest BCUT2D eigenvalue weighted by atomic mass is 10.3. The third-order valence-electron chi connectivity index (χ3n) is 2.10. The Balaban J connectivity index is 1.92. The van der Waals surface area contributed by atoms with Crippen LogP contribution in [0.3, 0.4) is 0 Å². The van der Waals surface area contributed by atoms with Crippen molar-refractivity contribution in [3.8, 4) is 0 Å². The lowest BCUT2D eigenvalue weighted by Gasteiger charge is -2.02. The van der Waals surface area contributed by atoms with Crippen molar-refractivity contribution in [1.29, 1.82) is 0 Å². The van der Waals surface area contributed by atoms with Gasteiger partial charge in [-0.1, -0.05) is 0 Å². The van der Waals surface area contributed by atoms with Crippen LogP contribution in [0.1, 0.15) is 20.0 Å². The van der Waals surface area contributed by atoms with Gasteiger partial charge in [0.2, 0.25) is 5.78 Å². The van der Waals surface area contributed by atoms with E-state index in [4.69, 9.17) is 4.74 Å². The van der Waals surface area contributed by atoms with E-state index in [-0.39, 0.29) is 12.4 Å². The number of aromatic nitrogens is 1. The molecule has 0 radical (unpaired) electrons. The van der Waals surface area contributed by atoms with Gasteiger partial charge in [0.1, 0.15) is 0 Å². The molecule has 0 unspecified atom stereocenters. The normalized spacial score (nSPS) is 10.1. The Kier molecular flexibility index (Phi) is 4.22. The number of halogens is 1. The molecule has 6 heteroatoms. The molecule has 0 amide bonds. The van der Waals surface area contributed by atoms with Crippen LogP contribution in [0, 0.1) is 0 Å². The first-order valence-electron chi connectivity index (χ1n) is 5.02. The van der Waals surface area contributed by atoms with Gasteiger partial charge in [0.05, 0.1) is 14.2 Å². The molecule has 0 N–H and O–H groups in total. The summed E-state index contributed by atoms with van der Waals surface area (Å²) in [6.07, 6.45) is 2.99. The predicted molar refractivity (Wildman–Crippen MR) is 70.9 cm³/mol. The molecular formula is C12H8BrNO3S. The third kappa shape index (κ3) is 3.24. The highest BCUT2D eigenvalue weighted by atomic mass is 79.9. The fourth-order valence-electron chi connectivity index (χ4n) is 1.24. The molecule has 0 spiro atoms. The molecule has 0 atom stereocenters. The van der Waals surface area contributed by atoms with Gasteiger partial charge in [0.15, 0.2) is 6.61 Å².